The predicted molar refractivity (Wildman–Crippen MR) is 95.8 cm³/mol. The molecule has 0 spiro atoms. The number of fused-ring (bicyclic) bond motifs is 1. The number of hydrogen-bond acceptors (Lipinski definition) is 6. The van der Waals surface area contributed by atoms with Crippen LogP contribution in [-0.4, -0.2) is 67.8 Å². The van der Waals surface area contributed by atoms with Crippen molar-refractivity contribution >= 4 is 27.8 Å². The molecule has 1 aliphatic heterocycles. The first kappa shape index (κ1) is 21.0. The second-order valence-corrected chi connectivity index (χ2v) is 8.29. The Hall–Kier alpha value is -2.30. The van der Waals surface area contributed by atoms with Crippen molar-refractivity contribution in [2.75, 3.05) is 25.5 Å². The number of aliphatic carboxylic acids is 1. The topological polar surface area (TPSA) is 130 Å². The van der Waals surface area contributed by atoms with Crippen molar-refractivity contribution in [3.63, 3.8) is 0 Å². The average molecular weight is 398 g/mol. The summed E-state index contributed by atoms with van der Waals surface area (Å²) in [4.78, 5) is 36.5. The van der Waals surface area contributed by atoms with Crippen molar-refractivity contribution in [2.24, 2.45) is 5.92 Å². The molecule has 1 atom stereocenters. The lowest BCUT2D eigenvalue weighted by Gasteiger charge is -2.18. The van der Waals surface area contributed by atoms with E-state index in [-0.39, 0.29) is 19.8 Å². The number of imide groups is 1. The van der Waals surface area contributed by atoms with E-state index in [9.17, 15) is 22.8 Å². The van der Waals surface area contributed by atoms with Gasteiger partial charge in [-0.3, -0.25) is 19.3 Å². The van der Waals surface area contributed by atoms with Crippen molar-refractivity contribution in [1.29, 1.82) is 0 Å². The molecular formula is C17H22N2O7S. The average Bonchev–Trinajstić information content (AvgIpc) is 2.84. The van der Waals surface area contributed by atoms with Crippen LogP contribution in [0.1, 0.15) is 34.6 Å². The largest absolute Gasteiger partial charge is 0.480 e. The summed E-state index contributed by atoms with van der Waals surface area (Å²) in [6, 6.07) is 5.27. The lowest BCUT2D eigenvalue weighted by atomic mass is 10.1. The molecule has 0 fully saturated rings. The molecule has 1 aliphatic rings. The quantitative estimate of drug-likeness (QED) is 0.429. The van der Waals surface area contributed by atoms with Gasteiger partial charge in [0.05, 0.1) is 36.6 Å². The molecule has 0 aromatic heterocycles. The summed E-state index contributed by atoms with van der Waals surface area (Å²) in [5.41, 5.74) is 0.672. The van der Waals surface area contributed by atoms with Crippen molar-refractivity contribution in [2.45, 2.75) is 19.9 Å². The van der Waals surface area contributed by atoms with Gasteiger partial charge in [-0.05, 0) is 18.1 Å². The van der Waals surface area contributed by atoms with Gasteiger partial charge in [-0.2, -0.15) is 0 Å². The zero-order valence-corrected chi connectivity index (χ0v) is 15.9. The highest BCUT2D eigenvalue weighted by Gasteiger charge is 2.34. The Morgan fingerprint density at radius 2 is 1.70 bits per heavy atom. The van der Waals surface area contributed by atoms with Gasteiger partial charge in [0.2, 0.25) is 10.0 Å². The maximum Gasteiger partial charge on any atom is 0.321 e. The van der Waals surface area contributed by atoms with E-state index in [2.05, 4.69) is 4.72 Å². The number of rotatable bonds is 10. The van der Waals surface area contributed by atoms with Gasteiger partial charge in [-0.25, -0.2) is 13.1 Å². The highest BCUT2D eigenvalue weighted by Crippen LogP contribution is 2.21. The number of carboxylic acid groups (broad SMARTS) is 1. The van der Waals surface area contributed by atoms with Gasteiger partial charge >= 0.3 is 5.97 Å². The van der Waals surface area contributed by atoms with E-state index < -0.39 is 45.5 Å². The summed E-state index contributed by atoms with van der Waals surface area (Å²) in [6.07, 6.45) is 0. The van der Waals surface area contributed by atoms with Crippen LogP contribution in [0.2, 0.25) is 0 Å². The highest BCUT2D eigenvalue weighted by molar-refractivity contribution is 7.89. The molecule has 2 N–H and O–H groups in total. The second kappa shape index (κ2) is 8.59. The molecule has 0 unspecified atom stereocenters. The summed E-state index contributed by atoms with van der Waals surface area (Å²) in [6.45, 7) is 2.99. The summed E-state index contributed by atoms with van der Waals surface area (Å²) in [5.74, 6) is -2.90. The fourth-order valence-corrected chi connectivity index (χ4v) is 3.81. The van der Waals surface area contributed by atoms with Crippen LogP contribution in [0, 0.1) is 5.92 Å². The van der Waals surface area contributed by atoms with Crippen LogP contribution in [0.5, 0.6) is 0 Å². The molecule has 1 aromatic rings. The van der Waals surface area contributed by atoms with Gasteiger partial charge in [-0.15, -0.1) is 0 Å². The van der Waals surface area contributed by atoms with Gasteiger partial charge in [0.1, 0.15) is 6.04 Å². The van der Waals surface area contributed by atoms with E-state index in [4.69, 9.17) is 9.84 Å². The van der Waals surface area contributed by atoms with Gasteiger partial charge < -0.3 is 9.84 Å². The number of carboxylic acids is 1. The molecule has 0 saturated carbocycles. The standard InChI is InChI=1S/C17H22N2O7S/c1-11(2)14(17(22)23)18-27(24,25)10-9-26-8-7-19-15(20)12-5-3-4-6-13(12)16(19)21/h3-6,11,14,18H,7-10H2,1-2H3,(H,22,23)/t14-/m0/s1. The van der Waals surface area contributed by atoms with Crippen LogP contribution in [0.4, 0.5) is 0 Å². The number of hydrogen-bond donors (Lipinski definition) is 2. The van der Waals surface area contributed by atoms with E-state index in [1.54, 1.807) is 38.1 Å². The van der Waals surface area contributed by atoms with E-state index in [1.165, 1.54) is 0 Å². The van der Waals surface area contributed by atoms with Crippen LogP contribution in [0.25, 0.3) is 0 Å². The Bertz CT molecular complexity index is 800. The molecule has 2 rings (SSSR count). The lowest BCUT2D eigenvalue weighted by Crippen LogP contribution is -2.45. The summed E-state index contributed by atoms with van der Waals surface area (Å²) in [7, 11) is -3.84. The van der Waals surface area contributed by atoms with Crippen LogP contribution in [0.3, 0.4) is 0 Å². The van der Waals surface area contributed by atoms with E-state index in [0.717, 1.165) is 4.90 Å². The maximum absolute atomic E-state index is 12.2. The molecule has 10 heteroatoms. The minimum absolute atomic E-state index is 0.00354. The first-order valence-electron chi connectivity index (χ1n) is 8.40. The van der Waals surface area contributed by atoms with E-state index in [0.29, 0.717) is 11.1 Å². The molecule has 9 nitrogen and oxygen atoms in total. The Morgan fingerprint density at radius 3 is 2.19 bits per heavy atom. The number of sulfonamides is 1. The minimum Gasteiger partial charge on any atom is -0.480 e. The predicted octanol–water partition coefficient (Wildman–Crippen LogP) is 0.328. The molecular weight excluding hydrogens is 376 g/mol. The van der Waals surface area contributed by atoms with Crippen molar-refractivity contribution in [1.82, 2.24) is 9.62 Å². The number of nitrogens with zero attached hydrogens (tertiary/aromatic N) is 1. The zero-order chi connectivity index (χ0) is 20.2. The maximum atomic E-state index is 12.2. The Labute approximate surface area is 157 Å². The van der Waals surface area contributed by atoms with Gasteiger partial charge in [0, 0.05) is 0 Å². The normalized spacial score (nSPS) is 15.3. The number of benzene rings is 1. The van der Waals surface area contributed by atoms with Crippen LogP contribution in [0.15, 0.2) is 24.3 Å². The monoisotopic (exact) mass is 398 g/mol. The molecule has 0 saturated heterocycles. The third-order valence-electron chi connectivity index (χ3n) is 4.07. The van der Waals surface area contributed by atoms with E-state index >= 15 is 0 Å². The van der Waals surface area contributed by atoms with Crippen LogP contribution in [-0.2, 0) is 19.6 Å². The molecule has 0 aliphatic carbocycles. The third-order valence-corrected chi connectivity index (χ3v) is 5.39. The number of amides is 2. The SMILES string of the molecule is CC(C)[C@H](NS(=O)(=O)CCOCCN1C(=O)c2ccccc2C1=O)C(=O)O. The van der Waals surface area contributed by atoms with Gasteiger partial charge in [0.25, 0.3) is 11.8 Å². The van der Waals surface area contributed by atoms with Crippen molar-refractivity contribution < 1.29 is 32.6 Å². The smallest absolute Gasteiger partial charge is 0.321 e. The fourth-order valence-electron chi connectivity index (χ4n) is 2.59. The fraction of sp³-hybridized carbons (Fsp3) is 0.471. The Kier molecular flexibility index (Phi) is 6.68. The van der Waals surface area contributed by atoms with Gasteiger partial charge in [0.15, 0.2) is 0 Å². The van der Waals surface area contributed by atoms with Crippen molar-refractivity contribution in [3.05, 3.63) is 35.4 Å². The molecule has 27 heavy (non-hydrogen) atoms. The van der Waals surface area contributed by atoms with E-state index in [1.807, 2.05) is 0 Å². The first-order chi connectivity index (χ1) is 12.6. The van der Waals surface area contributed by atoms with Gasteiger partial charge in [-0.1, -0.05) is 26.0 Å². The van der Waals surface area contributed by atoms with Crippen LogP contribution < -0.4 is 4.72 Å². The lowest BCUT2D eigenvalue weighted by molar-refractivity contribution is -0.140. The molecule has 148 valence electrons. The minimum atomic E-state index is -3.84. The highest BCUT2D eigenvalue weighted by atomic mass is 32.2. The number of ether oxygens (including phenoxy) is 1. The third kappa shape index (κ3) is 5.12. The summed E-state index contributed by atoms with van der Waals surface area (Å²) in [5, 5.41) is 9.03. The zero-order valence-electron chi connectivity index (χ0n) is 15.0. The van der Waals surface area contributed by atoms with Crippen molar-refractivity contribution in [3.8, 4) is 0 Å². The molecule has 0 radical (unpaired) electrons. The Morgan fingerprint density at radius 1 is 1.15 bits per heavy atom. The molecule has 2 amide bonds. The first-order valence-corrected chi connectivity index (χ1v) is 10.0. The molecule has 1 heterocycles. The molecule has 1 aromatic carbocycles. The summed E-state index contributed by atoms with van der Waals surface area (Å²) >= 11 is 0. The summed E-state index contributed by atoms with van der Waals surface area (Å²) < 4.78 is 31.2. The number of carbonyl (C=O) groups excluding carboxylic acids is 2. The number of nitrogens with one attached hydrogen (secondary N) is 1. The second-order valence-electron chi connectivity index (χ2n) is 6.42. The Balaban J connectivity index is 1.79. The molecule has 0 bridgehead atoms. The van der Waals surface area contributed by atoms with Crippen LogP contribution >= 0.6 is 0 Å². The number of carbonyl (C=O) groups is 3.